The monoisotopic (exact) mass is 501 g/mol. The molecule has 158 valence electrons. The Morgan fingerprint density at radius 1 is 1.13 bits per heavy atom. The number of rotatable bonds is 9. The van der Waals surface area contributed by atoms with E-state index in [1.165, 1.54) is 0 Å². The molecule has 0 saturated heterocycles. The summed E-state index contributed by atoms with van der Waals surface area (Å²) in [4.78, 5) is 38.6. The van der Waals surface area contributed by atoms with Crippen LogP contribution >= 0.6 is 27.7 Å². The van der Waals surface area contributed by atoms with Crippen molar-refractivity contribution in [3.63, 3.8) is 0 Å². The summed E-state index contributed by atoms with van der Waals surface area (Å²) < 4.78 is 2.44. The SMILES string of the molecule is N#Cc1ccc(-n2c(Br)cnc2SCC(=O)CC(CC(=O)O)C(=O)O)c2ccccc12. The molecular weight excluding hydrogens is 486 g/mol. The Kier molecular flexibility index (Phi) is 7.09. The third-order valence-corrected chi connectivity index (χ3v) is 6.13. The summed E-state index contributed by atoms with van der Waals surface area (Å²) in [6, 6.07) is 13.1. The zero-order chi connectivity index (χ0) is 22.5. The normalized spacial score (nSPS) is 11.7. The smallest absolute Gasteiger partial charge is 0.307 e. The molecule has 0 amide bonds. The average Bonchev–Trinajstić information content (AvgIpc) is 3.10. The molecule has 0 aliphatic carbocycles. The molecule has 1 atom stereocenters. The number of halogens is 1. The van der Waals surface area contributed by atoms with Crippen LogP contribution in [0, 0.1) is 17.2 Å². The minimum absolute atomic E-state index is 0.0545. The summed E-state index contributed by atoms with van der Waals surface area (Å²) in [7, 11) is 0. The lowest BCUT2D eigenvalue weighted by Gasteiger charge is -2.13. The van der Waals surface area contributed by atoms with Gasteiger partial charge in [-0.3, -0.25) is 19.0 Å². The molecule has 0 aliphatic heterocycles. The number of hydrogen-bond donors (Lipinski definition) is 2. The maximum atomic E-state index is 12.3. The largest absolute Gasteiger partial charge is 0.481 e. The zero-order valence-corrected chi connectivity index (χ0v) is 18.4. The van der Waals surface area contributed by atoms with Crippen molar-refractivity contribution in [1.82, 2.24) is 9.55 Å². The molecule has 0 spiro atoms. The van der Waals surface area contributed by atoms with E-state index in [4.69, 9.17) is 10.2 Å². The number of benzene rings is 2. The van der Waals surface area contributed by atoms with Crippen molar-refractivity contribution in [2.24, 2.45) is 5.92 Å². The summed E-state index contributed by atoms with van der Waals surface area (Å²) in [6.45, 7) is 0. The molecule has 3 rings (SSSR count). The number of nitrogens with zero attached hydrogens (tertiary/aromatic N) is 3. The van der Waals surface area contributed by atoms with E-state index in [1.54, 1.807) is 22.9 Å². The van der Waals surface area contributed by atoms with Gasteiger partial charge in [0.1, 0.15) is 10.4 Å². The lowest BCUT2D eigenvalue weighted by atomic mass is 10.00. The molecule has 2 aromatic carbocycles. The average molecular weight is 502 g/mol. The highest BCUT2D eigenvalue weighted by Gasteiger charge is 2.24. The van der Waals surface area contributed by atoms with Gasteiger partial charge in [-0.1, -0.05) is 36.0 Å². The minimum Gasteiger partial charge on any atom is -0.481 e. The lowest BCUT2D eigenvalue weighted by Crippen LogP contribution is -2.22. The van der Waals surface area contributed by atoms with Gasteiger partial charge in [0, 0.05) is 17.2 Å². The number of nitriles is 1. The Hall–Kier alpha value is -3.16. The number of ketones is 1. The zero-order valence-electron chi connectivity index (χ0n) is 16.0. The van der Waals surface area contributed by atoms with Crippen LogP contribution in [0.4, 0.5) is 0 Å². The van der Waals surface area contributed by atoms with E-state index in [0.29, 0.717) is 15.3 Å². The third-order valence-electron chi connectivity index (χ3n) is 4.56. The van der Waals surface area contributed by atoms with Gasteiger partial charge in [-0.25, -0.2) is 4.98 Å². The Balaban J connectivity index is 1.86. The van der Waals surface area contributed by atoms with Crippen LogP contribution in [-0.4, -0.2) is 43.2 Å². The molecular formula is C21H16BrN3O5S. The van der Waals surface area contributed by atoms with E-state index in [0.717, 1.165) is 28.2 Å². The number of thioether (sulfide) groups is 1. The first-order valence-corrected chi connectivity index (χ1v) is 10.8. The van der Waals surface area contributed by atoms with E-state index >= 15 is 0 Å². The Morgan fingerprint density at radius 3 is 2.48 bits per heavy atom. The van der Waals surface area contributed by atoms with Crippen LogP contribution in [0.1, 0.15) is 18.4 Å². The van der Waals surface area contributed by atoms with E-state index < -0.39 is 24.3 Å². The summed E-state index contributed by atoms with van der Waals surface area (Å²) in [6.07, 6.45) is 0.615. The summed E-state index contributed by atoms with van der Waals surface area (Å²) in [5.41, 5.74) is 1.31. The number of carbonyl (C=O) groups excluding carboxylic acids is 1. The third kappa shape index (κ3) is 5.13. The summed E-state index contributed by atoms with van der Waals surface area (Å²) in [5, 5.41) is 29.5. The highest BCUT2D eigenvalue weighted by Crippen LogP contribution is 2.32. The van der Waals surface area contributed by atoms with Gasteiger partial charge in [0.15, 0.2) is 5.16 Å². The highest BCUT2D eigenvalue weighted by atomic mass is 79.9. The summed E-state index contributed by atoms with van der Waals surface area (Å²) >= 11 is 4.59. The van der Waals surface area contributed by atoms with Crippen molar-refractivity contribution < 1.29 is 24.6 Å². The van der Waals surface area contributed by atoms with Crippen molar-refractivity contribution in [1.29, 1.82) is 5.26 Å². The predicted octanol–water partition coefficient (Wildman–Crippen LogP) is 3.89. The first-order chi connectivity index (χ1) is 14.8. The van der Waals surface area contributed by atoms with Crippen LogP contribution in [0.2, 0.25) is 0 Å². The number of carboxylic acids is 2. The molecule has 0 radical (unpaired) electrons. The standard InChI is InChI=1S/C21H16BrN3O5S/c22-18-10-24-21(31-11-14(26)7-13(20(29)30)8-19(27)28)25(18)17-6-5-12(9-23)15-3-1-2-4-16(15)17/h1-6,10,13H,7-8,11H2,(H,27,28)(H,29,30). The van der Waals surface area contributed by atoms with Crippen molar-refractivity contribution in [3.05, 3.63) is 52.8 Å². The first kappa shape index (κ1) is 22.5. The van der Waals surface area contributed by atoms with Gasteiger partial charge in [-0.2, -0.15) is 5.26 Å². The number of fused-ring (bicyclic) bond motifs is 1. The van der Waals surface area contributed by atoms with Gasteiger partial charge in [-0.05, 0) is 28.1 Å². The predicted molar refractivity (Wildman–Crippen MR) is 117 cm³/mol. The van der Waals surface area contributed by atoms with Crippen molar-refractivity contribution in [2.75, 3.05) is 5.75 Å². The molecule has 0 aliphatic rings. The number of carbonyl (C=O) groups is 3. The molecule has 3 aromatic rings. The maximum absolute atomic E-state index is 12.3. The van der Waals surface area contributed by atoms with E-state index in [-0.39, 0.29) is 18.0 Å². The highest BCUT2D eigenvalue weighted by molar-refractivity contribution is 9.10. The molecule has 1 aromatic heterocycles. The van der Waals surface area contributed by atoms with Crippen molar-refractivity contribution in [2.45, 2.75) is 18.0 Å². The van der Waals surface area contributed by atoms with Gasteiger partial charge >= 0.3 is 11.9 Å². The number of aliphatic carboxylic acids is 2. The van der Waals surface area contributed by atoms with Crippen LogP contribution < -0.4 is 0 Å². The van der Waals surface area contributed by atoms with Crippen LogP contribution in [-0.2, 0) is 14.4 Å². The molecule has 31 heavy (non-hydrogen) atoms. The number of hydrogen-bond acceptors (Lipinski definition) is 6. The number of Topliss-reactive ketones (excluding diaryl/α,β-unsaturated/α-hetero) is 1. The molecule has 0 fully saturated rings. The molecule has 1 heterocycles. The molecule has 8 nitrogen and oxygen atoms in total. The van der Waals surface area contributed by atoms with E-state index in [9.17, 15) is 19.6 Å². The topological polar surface area (TPSA) is 133 Å². The van der Waals surface area contributed by atoms with Gasteiger partial charge in [0.2, 0.25) is 0 Å². The quantitative estimate of drug-likeness (QED) is 0.421. The second kappa shape index (κ2) is 9.76. The Bertz CT molecular complexity index is 1220. The Labute approximate surface area is 189 Å². The first-order valence-electron chi connectivity index (χ1n) is 9.06. The van der Waals surface area contributed by atoms with Crippen LogP contribution in [0.25, 0.3) is 16.5 Å². The second-order valence-corrected chi connectivity index (χ2v) is 8.41. The van der Waals surface area contributed by atoms with Gasteiger partial charge in [0.25, 0.3) is 0 Å². The second-order valence-electron chi connectivity index (χ2n) is 6.65. The van der Waals surface area contributed by atoms with Crippen molar-refractivity contribution >= 4 is 56.2 Å². The van der Waals surface area contributed by atoms with E-state index in [2.05, 4.69) is 27.0 Å². The maximum Gasteiger partial charge on any atom is 0.307 e. The van der Waals surface area contributed by atoms with E-state index in [1.807, 2.05) is 24.3 Å². The molecule has 10 heteroatoms. The van der Waals surface area contributed by atoms with Gasteiger partial charge < -0.3 is 10.2 Å². The lowest BCUT2D eigenvalue weighted by molar-refractivity contribution is -0.149. The molecule has 0 saturated carbocycles. The van der Waals surface area contributed by atoms with Crippen LogP contribution in [0.3, 0.4) is 0 Å². The van der Waals surface area contributed by atoms with Crippen LogP contribution in [0.5, 0.6) is 0 Å². The fourth-order valence-corrected chi connectivity index (χ4v) is 4.59. The number of carboxylic acid groups (broad SMARTS) is 2. The number of aromatic nitrogens is 2. The molecule has 0 bridgehead atoms. The fraction of sp³-hybridized carbons (Fsp3) is 0.190. The number of imidazole rings is 1. The van der Waals surface area contributed by atoms with Gasteiger partial charge in [0.05, 0.1) is 41.6 Å². The van der Waals surface area contributed by atoms with Crippen molar-refractivity contribution in [3.8, 4) is 11.8 Å². The molecule has 1 unspecified atom stereocenters. The van der Waals surface area contributed by atoms with Crippen LogP contribution in [0.15, 0.2) is 52.4 Å². The minimum atomic E-state index is -1.31. The van der Waals surface area contributed by atoms with Gasteiger partial charge in [-0.15, -0.1) is 0 Å². The molecule has 2 N–H and O–H groups in total. The summed E-state index contributed by atoms with van der Waals surface area (Å²) in [5.74, 6) is -4.27. The Morgan fingerprint density at radius 2 is 1.84 bits per heavy atom. The fourth-order valence-electron chi connectivity index (χ4n) is 3.15.